The highest BCUT2D eigenvalue weighted by molar-refractivity contribution is 7.14. The summed E-state index contributed by atoms with van der Waals surface area (Å²) in [5.74, 6) is 0. The van der Waals surface area contributed by atoms with E-state index in [1.54, 1.807) is 0 Å². The zero-order valence-electron chi connectivity index (χ0n) is 16.4. The number of benzene rings is 1. The quantitative estimate of drug-likeness (QED) is 0.667. The average Bonchev–Trinajstić information content (AvgIpc) is 3.35. The maximum Gasteiger partial charge on any atom is 0.319 e. The van der Waals surface area contributed by atoms with Gasteiger partial charge in [0, 0.05) is 48.2 Å². The molecule has 0 unspecified atom stereocenters. The van der Waals surface area contributed by atoms with Gasteiger partial charge in [-0.1, -0.05) is 24.6 Å². The van der Waals surface area contributed by atoms with Gasteiger partial charge in [-0.15, -0.1) is 11.3 Å². The van der Waals surface area contributed by atoms with E-state index in [-0.39, 0.29) is 6.03 Å². The van der Waals surface area contributed by atoms with Crippen molar-refractivity contribution in [2.45, 2.75) is 33.4 Å². The lowest BCUT2D eigenvalue weighted by Gasteiger charge is -2.25. The molecule has 0 spiro atoms. The van der Waals surface area contributed by atoms with Crippen LogP contribution >= 0.6 is 11.3 Å². The van der Waals surface area contributed by atoms with Crippen LogP contribution in [0.15, 0.2) is 48.8 Å². The summed E-state index contributed by atoms with van der Waals surface area (Å²) in [5.41, 5.74) is 4.63. The Morgan fingerprint density at radius 3 is 2.64 bits per heavy atom. The molecule has 1 aliphatic rings. The van der Waals surface area contributed by atoms with Gasteiger partial charge in [-0.05, 0) is 49.7 Å². The van der Waals surface area contributed by atoms with Crippen molar-refractivity contribution < 1.29 is 4.79 Å². The summed E-state index contributed by atoms with van der Waals surface area (Å²) in [6.45, 7) is 7.93. The van der Waals surface area contributed by atoms with Crippen molar-refractivity contribution in [3.63, 3.8) is 0 Å². The first-order valence-corrected chi connectivity index (χ1v) is 10.6. The molecule has 0 aliphatic carbocycles. The van der Waals surface area contributed by atoms with E-state index in [1.165, 1.54) is 26.6 Å². The van der Waals surface area contributed by atoms with Crippen LogP contribution in [-0.4, -0.2) is 28.6 Å². The van der Waals surface area contributed by atoms with Crippen LogP contribution in [0.1, 0.15) is 28.5 Å². The Balaban J connectivity index is 1.52. The molecule has 2 N–H and O–H groups in total. The minimum atomic E-state index is -0.173. The SMILES string of the molecule is CCN1CCc2c(sc(-n3cccc3)c2CNC(=O)Nc2ccc(C)cc2)C1. The second-order valence-corrected chi connectivity index (χ2v) is 8.25. The lowest BCUT2D eigenvalue weighted by atomic mass is 10.0. The zero-order chi connectivity index (χ0) is 19.5. The second kappa shape index (κ2) is 8.20. The number of urea groups is 1. The van der Waals surface area contributed by atoms with Gasteiger partial charge in [-0.3, -0.25) is 4.90 Å². The Labute approximate surface area is 170 Å². The maximum atomic E-state index is 12.4. The van der Waals surface area contributed by atoms with Crippen molar-refractivity contribution >= 4 is 23.1 Å². The predicted molar refractivity (Wildman–Crippen MR) is 115 cm³/mol. The van der Waals surface area contributed by atoms with Gasteiger partial charge in [0.15, 0.2) is 0 Å². The Bertz CT molecular complexity index is 944. The Morgan fingerprint density at radius 1 is 1.18 bits per heavy atom. The maximum absolute atomic E-state index is 12.4. The molecular weight excluding hydrogens is 368 g/mol. The van der Waals surface area contributed by atoms with E-state index in [2.05, 4.69) is 39.4 Å². The van der Waals surface area contributed by atoms with Gasteiger partial charge in [-0.2, -0.15) is 0 Å². The highest BCUT2D eigenvalue weighted by atomic mass is 32.1. The third-order valence-corrected chi connectivity index (χ3v) is 6.52. The molecule has 5 nitrogen and oxygen atoms in total. The summed E-state index contributed by atoms with van der Waals surface area (Å²) in [6, 6.07) is 11.7. The van der Waals surface area contributed by atoms with Gasteiger partial charge >= 0.3 is 6.03 Å². The van der Waals surface area contributed by atoms with Gasteiger partial charge in [0.05, 0.1) is 0 Å². The molecule has 3 heterocycles. The summed E-state index contributed by atoms with van der Waals surface area (Å²) >= 11 is 1.85. The van der Waals surface area contributed by atoms with Crippen LogP contribution in [0.25, 0.3) is 5.00 Å². The number of rotatable bonds is 5. The number of aryl methyl sites for hydroxylation is 1. The van der Waals surface area contributed by atoms with Gasteiger partial charge in [-0.25, -0.2) is 4.79 Å². The van der Waals surface area contributed by atoms with Crippen molar-refractivity contribution in [2.75, 3.05) is 18.4 Å². The standard InChI is InChI=1S/C22H26N4OS/c1-3-25-13-10-18-19(21(28-20(18)15-25)26-11-4-5-12-26)14-23-22(27)24-17-8-6-16(2)7-9-17/h4-9,11-12H,3,10,13-15H2,1-2H3,(H2,23,24,27). The van der Waals surface area contributed by atoms with E-state index in [4.69, 9.17) is 0 Å². The number of likely N-dealkylation sites (N-methyl/N-ethyl adjacent to an activating group) is 1. The van der Waals surface area contributed by atoms with E-state index in [9.17, 15) is 4.79 Å². The molecule has 0 bridgehead atoms. The lowest BCUT2D eigenvalue weighted by molar-refractivity contribution is 0.251. The lowest BCUT2D eigenvalue weighted by Crippen LogP contribution is -2.31. The van der Waals surface area contributed by atoms with Crippen LogP contribution in [0.5, 0.6) is 0 Å². The molecular formula is C22H26N4OS. The van der Waals surface area contributed by atoms with Crippen LogP contribution in [0.2, 0.25) is 0 Å². The molecule has 3 aromatic rings. The third-order valence-electron chi connectivity index (χ3n) is 5.25. The molecule has 146 valence electrons. The molecule has 0 saturated carbocycles. The van der Waals surface area contributed by atoms with Crippen molar-refractivity contribution in [1.82, 2.24) is 14.8 Å². The number of aromatic nitrogens is 1. The molecule has 0 radical (unpaired) electrons. The van der Waals surface area contributed by atoms with Crippen LogP contribution in [0.3, 0.4) is 0 Å². The Hall–Kier alpha value is -2.57. The molecule has 0 fully saturated rings. The molecule has 28 heavy (non-hydrogen) atoms. The molecule has 1 aromatic carbocycles. The number of hydrogen-bond donors (Lipinski definition) is 2. The second-order valence-electron chi connectivity index (χ2n) is 7.17. The molecule has 1 aliphatic heterocycles. The minimum Gasteiger partial charge on any atom is -0.334 e. The van der Waals surface area contributed by atoms with E-state index in [0.717, 1.165) is 31.7 Å². The highest BCUT2D eigenvalue weighted by Crippen LogP contribution is 2.35. The normalized spacial score (nSPS) is 13.9. The Kier molecular flexibility index (Phi) is 5.50. The largest absolute Gasteiger partial charge is 0.334 e. The number of nitrogens with zero attached hydrogens (tertiary/aromatic N) is 2. The molecule has 0 saturated heterocycles. The molecule has 4 rings (SSSR count). The number of carbonyl (C=O) groups excluding carboxylic acids is 1. The predicted octanol–water partition coefficient (Wildman–Crippen LogP) is 4.55. The first-order chi connectivity index (χ1) is 13.6. The van der Waals surface area contributed by atoms with Crippen molar-refractivity contribution in [3.05, 3.63) is 70.4 Å². The fourth-order valence-corrected chi connectivity index (χ4v) is 4.99. The first-order valence-electron chi connectivity index (χ1n) is 9.74. The topological polar surface area (TPSA) is 49.3 Å². The number of carbonyl (C=O) groups is 1. The monoisotopic (exact) mass is 394 g/mol. The fraction of sp³-hybridized carbons (Fsp3) is 0.318. The van der Waals surface area contributed by atoms with Crippen LogP contribution in [0.4, 0.5) is 10.5 Å². The van der Waals surface area contributed by atoms with E-state index in [1.807, 2.05) is 54.7 Å². The molecule has 2 amide bonds. The van der Waals surface area contributed by atoms with Crippen molar-refractivity contribution in [3.8, 4) is 5.00 Å². The highest BCUT2D eigenvalue weighted by Gasteiger charge is 2.24. The van der Waals surface area contributed by atoms with Crippen molar-refractivity contribution in [2.24, 2.45) is 0 Å². The zero-order valence-corrected chi connectivity index (χ0v) is 17.2. The van der Waals surface area contributed by atoms with Crippen LogP contribution < -0.4 is 10.6 Å². The van der Waals surface area contributed by atoms with Gasteiger partial charge < -0.3 is 15.2 Å². The van der Waals surface area contributed by atoms with Gasteiger partial charge in [0.25, 0.3) is 0 Å². The summed E-state index contributed by atoms with van der Waals surface area (Å²) < 4.78 is 2.16. The number of hydrogen-bond acceptors (Lipinski definition) is 3. The number of anilines is 1. The fourth-order valence-electron chi connectivity index (χ4n) is 3.62. The van der Waals surface area contributed by atoms with Gasteiger partial charge in [0.2, 0.25) is 0 Å². The smallest absolute Gasteiger partial charge is 0.319 e. The summed E-state index contributed by atoms with van der Waals surface area (Å²) in [5, 5.41) is 7.19. The van der Waals surface area contributed by atoms with E-state index < -0.39 is 0 Å². The molecule has 2 aromatic heterocycles. The average molecular weight is 395 g/mol. The molecule has 0 atom stereocenters. The van der Waals surface area contributed by atoms with Crippen LogP contribution in [0, 0.1) is 6.92 Å². The third kappa shape index (κ3) is 3.98. The number of thiophene rings is 1. The number of amides is 2. The molecule has 6 heteroatoms. The first kappa shape index (κ1) is 18.8. The number of fused-ring (bicyclic) bond motifs is 1. The van der Waals surface area contributed by atoms with Crippen molar-refractivity contribution in [1.29, 1.82) is 0 Å². The summed E-state index contributed by atoms with van der Waals surface area (Å²) in [6.07, 6.45) is 5.19. The van der Waals surface area contributed by atoms with E-state index in [0.29, 0.717) is 6.54 Å². The van der Waals surface area contributed by atoms with E-state index >= 15 is 0 Å². The summed E-state index contributed by atoms with van der Waals surface area (Å²) in [7, 11) is 0. The summed E-state index contributed by atoms with van der Waals surface area (Å²) in [4.78, 5) is 16.3. The van der Waals surface area contributed by atoms with Crippen LogP contribution in [-0.2, 0) is 19.5 Å². The van der Waals surface area contributed by atoms with Gasteiger partial charge in [0.1, 0.15) is 5.00 Å². The number of nitrogens with one attached hydrogen (secondary N) is 2. The Morgan fingerprint density at radius 2 is 1.93 bits per heavy atom. The minimum absolute atomic E-state index is 0.173.